The van der Waals surface area contributed by atoms with Crippen molar-refractivity contribution in [2.75, 3.05) is 30.4 Å². The molecular weight excluding hydrogens is 344 g/mol. The van der Waals surface area contributed by atoms with Gasteiger partial charge in [0.2, 0.25) is 0 Å². The van der Waals surface area contributed by atoms with Crippen LogP contribution in [0.4, 0.5) is 11.4 Å². The van der Waals surface area contributed by atoms with Crippen LogP contribution < -0.4 is 15.0 Å². The van der Waals surface area contributed by atoms with Crippen molar-refractivity contribution in [2.24, 2.45) is 0 Å². The van der Waals surface area contributed by atoms with Crippen molar-refractivity contribution in [1.29, 1.82) is 0 Å². The maximum Gasteiger partial charge on any atom is 0.338 e. The van der Waals surface area contributed by atoms with Crippen molar-refractivity contribution in [3.05, 3.63) is 54.1 Å². The third-order valence-corrected chi connectivity index (χ3v) is 4.24. The number of carbonyl (C=O) groups excluding carboxylic acids is 2. The maximum atomic E-state index is 12.3. The molecule has 0 fully saturated rings. The van der Waals surface area contributed by atoms with Crippen LogP contribution in [0.5, 0.6) is 5.75 Å². The van der Waals surface area contributed by atoms with Crippen molar-refractivity contribution in [3.8, 4) is 5.75 Å². The molecule has 0 aliphatic heterocycles. The van der Waals surface area contributed by atoms with Gasteiger partial charge in [-0.15, -0.1) is 0 Å². The maximum absolute atomic E-state index is 12.3. The third kappa shape index (κ3) is 5.48. The average molecular weight is 370 g/mol. The molecule has 0 heterocycles. The van der Waals surface area contributed by atoms with Gasteiger partial charge in [-0.05, 0) is 69.3 Å². The first-order valence-corrected chi connectivity index (χ1v) is 8.99. The Balaban J connectivity index is 1.94. The highest BCUT2D eigenvalue weighted by Gasteiger charge is 2.19. The molecule has 2 aromatic carbocycles. The highest BCUT2D eigenvalue weighted by Crippen LogP contribution is 2.17. The molecule has 1 N–H and O–H groups in total. The van der Waals surface area contributed by atoms with Crippen LogP contribution in [0.15, 0.2) is 48.5 Å². The first-order chi connectivity index (χ1) is 13.0. The molecule has 0 bridgehead atoms. The molecule has 144 valence electrons. The molecule has 6 heteroatoms. The molecule has 1 atom stereocenters. The fourth-order valence-electron chi connectivity index (χ4n) is 2.60. The van der Waals surface area contributed by atoms with Gasteiger partial charge in [-0.2, -0.15) is 0 Å². The summed E-state index contributed by atoms with van der Waals surface area (Å²) in [5, 5.41) is 2.71. The lowest BCUT2D eigenvalue weighted by Gasteiger charge is -2.21. The molecule has 0 aliphatic carbocycles. The van der Waals surface area contributed by atoms with Crippen LogP contribution in [0, 0.1) is 0 Å². The Labute approximate surface area is 160 Å². The van der Waals surface area contributed by atoms with Crippen molar-refractivity contribution >= 4 is 23.3 Å². The molecule has 6 nitrogen and oxygen atoms in total. The fraction of sp³-hybridized carbons (Fsp3) is 0.333. The van der Waals surface area contributed by atoms with Crippen LogP contribution in [-0.2, 0) is 9.53 Å². The monoisotopic (exact) mass is 370 g/mol. The van der Waals surface area contributed by atoms with E-state index in [2.05, 4.69) is 24.1 Å². The van der Waals surface area contributed by atoms with Gasteiger partial charge in [0.1, 0.15) is 5.75 Å². The van der Waals surface area contributed by atoms with Gasteiger partial charge in [-0.25, -0.2) is 4.79 Å². The van der Waals surface area contributed by atoms with Gasteiger partial charge in [0.05, 0.1) is 12.7 Å². The molecule has 0 aliphatic rings. The molecule has 1 unspecified atom stereocenters. The lowest BCUT2D eigenvalue weighted by atomic mass is 10.2. The summed E-state index contributed by atoms with van der Waals surface area (Å²) in [7, 11) is 1.57. The molecule has 0 saturated heterocycles. The summed E-state index contributed by atoms with van der Waals surface area (Å²) in [4.78, 5) is 26.7. The molecule has 2 rings (SSSR count). The highest BCUT2D eigenvalue weighted by molar-refractivity contribution is 5.97. The van der Waals surface area contributed by atoms with Crippen LogP contribution in [-0.4, -0.2) is 38.2 Å². The molecule has 0 radical (unpaired) electrons. The fourth-order valence-corrected chi connectivity index (χ4v) is 2.60. The molecule has 0 aromatic heterocycles. The Morgan fingerprint density at radius 3 is 2.11 bits per heavy atom. The Bertz CT molecular complexity index is 753. The molecule has 27 heavy (non-hydrogen) atoms. The summed E-state index contributed by atoms with van der Waals surface area (Å²) in [6.07, 6.45) is -0.915. The zero-order valence-electron chi connectivity index (χ0n) is 16.2. The van der Waals surface area contributed by atoms with Crippen molar-refractivity contribution in [3.63, 3.8) is 0 Å². The number of benzene rings is 2. The first-order valence-electron chi connectivity index (χ1n) is 8.99. The summed E-state index contributed by atoms with van der Waals surface area (Å²) in [5.74, 6) is -0.229. The number of nitrogens with one attached hydrogen (secondary N) is 1. The van der Waals surface area contributed by atoms with Gasteiger partial charge in [-0.3, -0.25) is 4.79 Å². The van der Waals surface area contributed by atoms with Gasteiger partial charge in [0.15, 0.2) is 6.10 Å². The van der Waals surface area contributed by atoms with Gasteiger partial charge >= 0.3 is 5.97 Å². The van der Waals surface area contributed by atoms with Gasteiger partial charge in [0, 0.05) is 24.5 Å². The summed E-state index contributed by atoms with van der Waals surface area (Å²) in [5.41, 5.74) is 2.06. The average Bonchev–Trinajstić information content (AvgIpc) is 2.70. The second-order valence-electron chi connectivity index (χ2n) is 5.98. The number of hydrogen-bond acceptors (Lipinski definition) is 5. The minimum atomic E-state index is -0.915. The van der Waals surface area contributed by atoms with E-state index in [0.717, 1.165) is 18.8 Å². The molecule has 0 saturated carbocycles. The third-order valence-electron chi connectivity index (χ3n) is 4.24. The summed E-state index contributed by atoms with van der Waals surface area (Å²) < 4.78 is 10.4. The van der Waals surface area contributed by atoms with Crippen LogP contribution in [0.25, 0.3) is 0 Å². The van der Waals surface area contributed by atoms with E-state index in [-0.39, 0.29) is 0 Å². The van der Waals surface area contributed by atoms with Crippen LogP contribution in [0.3, 0.4) is 0 Å². The largest absolute Gasteiger partial charge is 0.497 e. The van der Waals surface area contributed by atoms with E-state index in [4.69, 9.17) is 9.47 Å². The molecular formula is C21H26N2O4. The second kappa shape index (κ2) is 9.62. The summed E-state index contributed by atoms with van der Waals surface area (Å²) >= 11 is 0. The van der Waals surface area contributed by atoms with E-state index in [1.807, 2.05) is 12.1 Å². The predicted octanol–water partition coefficient (Wildman–Crippen LogP) is 3.73. The van der Waals surface area contributed by atoms with Crippen LogP contribution in [0.1, 0.15) is 31.1 Å². The Morgan fingerprint density at radius 1 is 1.00 bits per heavy atom. The Morgan fingerprint density at radius 2 is 1.59 bits per heavy atom. The first kappa shape index (κ1) is 20.3. The van der Waals surface area contributed by atoms with Crippen molar-refractivity contribution in [1.82, 2.24) is 0 Å². The number of amides is 1. The highest BCUT2D eigenvalue weighted by atomic mass is 16.5. The van der Waals surface area contributed by atoms with E-state index >= 15 is 0 Å². The lowest BCUT2D eigenvalue weighted by molar-refractivity contribution is -0.123. The van der Waals surface area contributed by atoms with Crippen molar-refractivity contribution < 1.29 is 19.1 Å². The smallest absolute Gasteiger partial charge is 0.338 e. The van der Waals surface area contributed by atoms with E-state index < -0.39 is 18.0 Å². The lowest BCUT2D eigenvalue weighted by Crippen LogP contribution is -2.30. The zero-order chi connectivity index (χ0) is 19.8. The molecule has 2 aromatic rings. The second-order valence-corrected chi connectivity index (χ2v) is 5.98. The number of esters is 1. The van der Waals surface area contributed by atoms with E-state index in [1.54, 1.807) is 50.4 Å². The number of methoxy groups -OCH3 is 1. The van der Waals surface area contributed by atoms with Crippen LogP contribution >= 0.6 is 0 Å². The minimum Gasteiger partial charge on any atom is -0.497 e. The van der Waals surface area contributed by atoms with E-state index in [0.29, 0.717) is 17.0 Å². The van der Waals surface area contributed by atoms with Crippen LogP contribution in [0.2, 0.25) is 0 Å². The zero-order valence-corrected chi connectivity index (χ0v) is 16.2. The number of hydrogen-bond donors (Lipinski definition) is 1. The SMILES string of the molecule is CCN(CC)c1ccc(C(=O)OC(C)C(=O)Nc2ccc(OC)cc2)cc1. The summed E-state index contributed by atoms with van der Waals surface area (Å²) in [6.45, 7) is 7.48. The quantitative estimate of drug-likeness (QED) is 0.717. The van der Waals surface area contributed by atoms with E-state index in [1.165, 1.54) is 0 Å². The summed E-state index contributed by atoms with van der Waals surface area (Å²) in [6, 6.07) is 14.1. The molecule has 0 spiro atoms. The predicted molar refractivity (Wildman–Crippen MR) is 107 cm³/mol. The number of anilines is 2. The Kier molecular flexibility index (Phi) is 7.23. The number of nitrogens with zero attached hydrogens (tertiary/aromatic N) is 1. The number of rotatable bonds is 8. The van der Waals surface area contributed by atoms with E-state index in [9.17, 15) is 9.59 Å². The van der Waals surface area contributed by atoms with Gasteiger partial charge in [0.25, 0.3) is 5.91 Å². The minimum absolute atomic E-state index is 0.395. The molecule has 1 amide bonds. The van der Waals surface area contributed by atoms with Gasteiger partial charge in [-0.1, -0.05) is 0 Å². The Hall–Kier alpha value is -3.02. The standard InChI is InChI=1S/C21H26N2O4/c1-5-23(6-2)18-11-7-16(8-12-18)21(25)27-15(3)20(24)22-17-9-13-19(26-4)14-10-17/h7-15H,5-6H2,1-4H3,(H,22,24). The topological polar surface area (TPSA) is 67.9 Å². The van der Waals surface area contributed by atoms with Gasteiger partial charge < -0.3 is 19.7 Å². The van der Waals surface area contributed by atoms with Crippen molar-refractivity contribution in [2.45, 2.75) is 26.9 Å². The normalized spacial score (nSPS) is 11.4. The number of ether oxygens (including phenoxy) is 2. The number of carbonyl (C=O) groups is 2.